The molecule has 0 aliphatic carbocycles. The van der Waals surface area contributed by atoms with Crippen molar-refractivity contribution in [3.05, 3.63) is 77.1 Å². The van der Waals surface area contributed by atoms with Gasteiger partial charge in [0.15, 0.2) is 5.95 Å². The van der Waals surface area contributed by atoms with Gasteiger partial charge in [-0.25, -0.2) is 9.97 Å². The Hall–Kier alpha value is -3.06. The van der Waals surface area contributed by atoms with Gasteiger partial charge in [0.25, 0.3) is 5.91 Å². The summed E-state index contributed by atoms with van der Waals surface area (Å²) in [5.41, 5.74) is 2.93. The summed E-state index contributed by atoms with van der Waals surface area (Å²) < 4.78 is 15.5. The highest BCUT2D eigenvalue weighted by atomic mass is 32.1. The average Bonchev–Trinajstić information content (AvgIpc) is 3.38. The van der Waals surface area contributed by atoms with Crippen molar-refractivity contribution in [1.82, 2.24) is 19.3 Å². The van der Waals surface area contributed by atoms with Crippen LogP contribution in [0.1, 0.15) is 40.5 Å². The Bertz CT molecular complexity index is 1230. The number of halogens is 1. The lowest BCUT2D eigenvalue weighted by atomic mass is 9.97. The van der Waals surface area contributed by atoms with Crippen LogP contribution in [0.15, 0.2) is 54.7 Å². The van der Waals surface area contributed by atoms with Gasteiger partial charge in [0, 0.05) is 25.2 Å². The molecule has 0 radical (unpaired) electrons. The van der Waals surface area contributed by atoms with Crippen molar-refractivity contribution in [2.75, 3.05) is 6.54 Å². The number of pyridine rings is 1. The second-order valence-electron chi connectivity index (χ2n) is 7.94. The predicted molar refractivity (Wildman–Crippen MR) is 120 cm³/mol. The topological polar surface area (TPSA) is 50.5 Å². The van der Waals surface area contributed by atoms with Crippen LogP contribution in [-0.2, 0) is 6.42 Å². The first-order chi connectivity index (χ1) is 15.1. The largest absolute Gasteiger partial charge is 0.334 e. The zero-order chi connectivity index (χ0) is 21.4. The summed E-state index contributed by atoms with van der Waals surface area (Å²) in [7, 11) is 0. The van der Waals surface area contributed by atoms with E-state index in [4.69, 9.17) is 0 Å². The van der Waals surface area contributed by atoms with E-state index in [1.54, 1.807) is 29.7 Å². The molecule has 1 amide bonds. The lowest BCUT2D eigenvalue weighted by Crippen LogP contribution is -2.45. The van der Waals surface area contributed by atoms with Gasteiger partial charge in [-0.15, -0.1) is 11.3 Å². The van der Waals surface area contributed by atoms with Crippen LogP contribution in [0.5, 0.6) is 0 Å². The van der Waals surface area contributed by atoms with Gasteiger partial charge in [0.2, 0.25) is 0 Å². The van der Waals surface area contributed by atoms with Crippen molar-refractivity contribution >= 4 is 22.9 Å². The Morgan fingerprint density at radius 2 is 1.97 bits per heavy atom. The third-order valence-corrected chi connectivity index (χ3v) is 6.82. The number of rotatable bonds is 4. The number of likely N-dealkylation sites (tertiary alicyclic amines) is 1. The maximum Gasteiger partial charge on any atom is 0.274 e. The molecule has 0 saturated carbocycles. The molecule has 0 N–H and O–H groups in total. The number of hydrogen-bond acceptors (Lipinski definition) is 4. The fourth-order valence-electron chi connectivity index (χ4n) is 4.34. The molecular formula is C24H23FN4OS. The maximum absolute atomic E-state index is 14.1. The fourth-order valence-corrected chi connectivity index (χ4v) is 5.26. The molecular weight excluding hydrogens is 411 g/mol. The number of thiazole rings is 1. The van der Waals surface area contributed by atoms with Crippen molar-refractivity contribution in [2.24, 2.45) is 0 Å². The van der Waals surface area contributed by atoms with Crippen LogP contribution >= 0.6 is 11.3 Å². The van der Waals surface area contributed by atoms with E-state index in [1.165, 1.54) is 10.5 Å². The number of piperidine rings is 1. The molecule has 3 aromatic heterocycles. The molecule has 1 aliphatic heterocycles. The maximum atomic E-state index is 14.1. The number of hydrogen-bond donors (Lipinski definition) is 0. The smallest absolute Gasteiger partial charge is 0.274 e. The number of amides is 1. The van der Waals surface area contributed by atoms with Crippen LogP contribution in [0.25, 0.3) is 16.1 Å². The summed E-state index contributed by atoms with van der Waals surface area (Å²) in [5, 5.41) is 0.881. The number of fused-ring (bicyclic) bond motifs is 1. The van der Waals surface area contributed by atoms with Gasteiger partial charge < -0.3 is 4.90 Å². The first-order valence-electron chi connectivity index (χ1n) is 10.6. The molecule has 7 heteroatoms. The van der Waals surface area contributed by atoms with Crippen LogP contribution in [0.4, 0.5) is 4.39 Å². The van der Waals surface area contributed by atoms with Gasteiger partial charge in [-0.05, 0) is 43.9 Å². The van der Waals surface area contributed by atoms with Crippen molar-refractivity contribution < 1.29 is 9.18 Å². The molecule has 158 valence electrons. The van der Waals surface area contributed by atoms with Gasteiger partial charge in [-0.3, -0.25) is 9.20 Å². The molecule has 1 saturated heterocycles. The number of imidazole rings is 1. The third-order valence-electron chi connectivity index (χ3n) is 5.80. The van der Waals surface area contributed by atoms with Crippen LogP contribution in [-0.4, -0.2) is 37.8 Å². The molecule has 4 heterocycles. The van der Waals surface area contributed by atoms with Crippen LogP contribution in [0.2, 0.25) is 0 Å². The second kappa shape index (κ2) is 8.23. The summed E-state index contributed by atoms with van der Waals surface area (Å²) in [6.45, 7) is 2.64. The van der Waals surface area contributed by atoms with E-state index < -0.39 is 0 Å². The summed E-state index contributed by atoms with van der Waals surface area (Å²) >= 11 is 1.55. The minimum Gasteiger partial charge on any atom is -0.334 e. The Labute approximate surface area is 184 Å². The molecule has 31 heavy (non-hydrogen) atoms. The van der Waals surface area contributed by atoms with Gasteiger partial charge in [0.05, 0.1) is 15.6 Å². The van der Waals surface area contributed by atoms with Crippen LogP contribution in [0.3, 0.4) is 0 Å². The summed E-state index contributed by atoms with van der Waals surface area (Å²) in [4.78, 5) is 25.7. The van der Waals surface area contributed by atoms with Crippen LogP contribution < -0.4 is 0 Å². The molecule has 1 aliphatic rings. The number of benzene rings is 1. The van der Waals surface area contributed by atoms with Crippen molar-refractivity contribution in [3.8, 4) is 10.4 Å². The third kappa shape index (κ3) is 3.85. The SMILES string of the molecule is Cc1nc(C(=O)N2CCCC[C@H]2Cc2cn3c(F)cccc3n2)c(-c2ccccc2)s1. The molecule has 0 bridgehead atoms. The molecule has 5 nitrogen and oxygen atoms in total. The molecule has 0 unspecified atom stereocenters. The Morgan fingerprint density at radius 3 is 2.77 bits per heavy atom. The highest BCUT2D eigenvalue weighted by Gasteiger charge is 2.31. The molecule has 5 rings (SSSR count). The van der Waals surface area contributed by atoms with E-state index in [-0.39, 0.29) is 17.9 Å². The van der Waals surface area contributed by atoms with E-state index in [2.05, 4.69) is 9.97 Å². The lowest BCUT2D eigenvalue weighted by Gasteiger charge is -2.35. The standard InChI is InChI=1S/C24H23FN4OS/c1-16-26-22(23(31-16)17-8-3-2-4-9-17)24(30)28-13-6-5-10-19(28)14-18-15-29-20(25)11-7-12-21(29)27-18/h2-4,7-9,11-12,15,19H,5-6,10,13-14H2,1H3/t19-/m0/s1. The van der Waals surface area contributed by atoms with Crippen LogP contribution in [0, 0.1) is 12.9 Å². The van der Waals surface area contributed by atoms with Gasteiger partial charge in [0.1, 0.15) is 11.3 Å². The summed E-state index contributed by atoms with van der Waals surface area (Å²) in [6.07, 6.45) is 5.30. The van der Waals surface area contributed by atoms with E-state index in [9.17, 15) is 9.18 Å². The zero-order valence-corrected chi connectivity index (χ0v) is 18.1. The highest BCUT2D eigenvalue weighted by molar-refractivity contribution is 7.15. The first-order valence-corrected chi connectivity index (χ1v) is 11.4. The molecule has 1 atom stereocenters. The Kier molecular flexibility index (Phi) is 5.28. The van der Waals surface area contributed by atoms with E-state index in [0.717, 1.165) is 40.4 Å². The molecule has 1 fully saturated rings. The predicted octanol–water partition coefficient (Wildman–Crippen LogP) is 5.14. The molecule has 1 aromatic carbocycles. The van der Waals surface area contributed by atoms with Gasteiger partial charge >= 0.3 is 0 Å². The van der Waals surface area contributed by atoms with Crippen molar-refractivity contribution in [2.45, 2.75) is 38.6 Å². The van der Waals surface area contributed by atoms with Crippen molar-refractivity contribution in [3.63, 3.8) is 0 Å². The number of nitrogens with zero attached hydrogens (tertiary/aromatic N) is 4. The lowest BCUT2D eigenvalue weighted by molar-refractivity contribution is 0.0608. The normalized spacial score (nSPS) is 16.7. The van der Waals surface area contributed by atoms with E-state index in [0.29, 0.717) is 24.3 Å². The first kappa shape index (κ1) is 19.9. The highest BCUT2D eigenvalue weighted by Crippen LogP contribution is 2.32. The number of aromatic nitrogens is 3. The molecule has 0 spiro atoms. The van der Waals surface area contributed by atoms with E-state index in [1.807, 2.05) is 42.2 Å². The Morgan fingerprint density at radius 1 is 1.13 bits per heavy atom. The second-order valence-corrected chi connectivity index (χ2v) is 9.14. The Balaban J connectivity index is 1.44. The number of carbonyl (C=O) groups excluding carboxylic acids is 1. The van der Waals surface area contributed by atoms with Gasteiger partial charge in [-0.1, -0.05) is 36.4 Å². The summed E-state index contributed by atoms with van der Waals surface area (Å²) in [6, 6.07) is 14.9. The van der Waals surface area contributed by atoms with E-state index >= 15 is 0 Å². The minimum atomic E-state index is -0.335. The average molecular weight is 435 g/mol. The number of aryl methyl sites for hydroxylation is 1. The zero-order valence-electron chi connectivity index (χ0n) is 17.3. The molecule has 4 aromatic rings. The number of carbonyl (C=O) groups is 1. The summed E-state index contributed by atoms with van der Waals surface area (Å²) in [5.74, 6) is -0.360. The van der Waals surface area contributed by atoms with Crippen molar-refractivity contribution in [1.29, 1.82) is 0 Å². The fraction of sp³-hybridized carbons (Fsp3) is 0.292. The van der Waals surface area contributed by atoms with Gasteiger partial charge in [-0.2, -0.15) is 4.39 Å². The quantitative estimate of drug-likeness (QED) is 0.418. The minimum absolute atomic E-state index is 0.0251. The monoisotopic (exact) mass is 434 g/mol.